The van der Waals surface area contributed by atoms with Crippen molar-refractivity contribution in [3.63, 3.8) is 0 Å². The molecule has 2 atom stereocenters. The van der Waals surface area contributed by atoms with E-state index in [2.05, 4.69) is 4.98 Å². The second kappa shape index (κ2) is 11.0. The van der Waals surface area contributed by atoms with Crippen LogP contribution in [0.5, 0.6) is 0 Å². The van der Waals surface area contributed by atoms with Gasteiger partial charge in [-0.2, -0.15) is 0 Å². The second-order valence-corrected chi connectivity index (χ2v) is 6.69. The zero-order valence-electron chi connectivity index (χ0n) is 15.0. The third kappa shape index (κ3) is 6.03. The molecule has 2 heterocycles. The molecule has 0 amide bonds. The molecule has 0 aliphatic carbocycles. The maximum absolute atomic E-state index is 11.0. The minimum Gasteiger partial charge on any atom is -0.483 e. The normalized spacial score (nSPS) is 21.9. The zero-order chi connectivity index (χ0) is 20.4. The molecule has 0 radical (unpaired) electrons. The summed E-state index contributed by atoms with van der Waals surface area (Å²) in [5.74, 6) is -0.618. The van der Waals surface area contributed by atoms with E-state index >= 15 is 0 Å². The number of hydrogen-bond donors (Lipinski definition) is 4. The number of piperidine rings is 1. The van der Waals surface area contributed by atoms with Crippen molar-refractivity contribution in [1.82, 2.24) is 4.98 Å². The fraction of sp³-hybridized carbons (Fsp3) is 0.588. The van der Waals surface area contributed by atoms with Crippen LogP contribution in [0.1, 0.15) is 29.6 Å². The Morgan fingerprint density at radius 3 is 2.74 bits per heavy atom. The van der Waals surface area contributed by atoms with Crippen LogP contribution in [-0.2, 0) is 9.53 Å². The van der Waals surface area contributed by atoms with Crippen LogP contribution in [0, 0.1) is 5.41 Å². The monoisotopic (exact) mass is 404 g/mol. The van der Waals surface area contributed by atoms with Gasteiger partial charge in [-0.25, -0.2) is 9.78 Å². The number of aliphatic hydroxyl groups is 2. The Kier molecular flexibility index (Phi) is 9.44. The molecule has 1 aromatic rings. The van der Waals surface area contributed by atoms with Crippen LogP contribution in [0.4, 0.5) is 5.82 Å². The maximum atomic E-state index is 11.0. The van der Waals surface area contributed by atoms with E-state index in [1.54, 1.807) is 7.11 Å². The number of rotatable bonds is 7. The molecule has 1 saturated heterocycles. The van der Waals surface area contributed by atoms with E-state index in [0.29, 0.717) is 38.4 Å². The lowest BCUT2D eigenvalue weighted by Crippen LogP contribution is -2.54. The molecule has 0 aromatic carbocycles. The fourth-order valence-corrected chi connectivity index (χ4v) is 3.44. The quantitative estimate of drug-likeness (QED) is 0.388. The molecule has 9 nitrogen and oxygen atoms in total. The minimum atomic E-state index is -1.09. The van der Waals surface area contributed by atoms with Crippen LogP contribution >= 0.6 is 11.6 Å². The van der Waals surface area contributed by atoms with Crippen molar-refractivity contribution >= 4 is 29.9 Å². The summed E-state index contributed by atoms with van der Waals surface area (Å²) in [6, 6.07) is 1.36. The van der Waals surface area contributed by atoms with Gasteiger partial charge in [0.15, 0.2) is 0 Å². The van der Waals surface area contributed by atoms with Gasteiger partial charge in [0.05, 0.1) is 23.3 Å². The molecular formula is C17H25ClN2O7. The van der Waals surface area contributed by atoms with Gasteiger partial charge >= 0.3 is 5.97 Å². The average molecular weight is 405 g/mol. The lowest BCUT2D eigenvalue weighted by Gasteiger charge is -2.46. The Labute approximate surface area is 162 Å². The van der Waals surface area contributed by atoms with E-state index in [-0.39, 0.29) is 23.7 Å². The Balaban J connectivity index is 0.00000114. The molecule has 4 N–H and O–H groups in total. The van der Waals surface area contributed by atoms with Crippen LogP contribution in [0.3, 0.4) is 0 Å². The SMILES string of the molecule is COCCC[C@@]1(CO)CN(c2ncc(C(=O)O)cc2Cl)CC[C@H]1O.O=CO. The Morgan fingerprint density at radius 2 is 2.22 bits per heavy atom. The van der Waals surface area contributed by atoms with Crippen molar-refractivity contribution in [2.75, 3.05) is 38.3 Å². The molecular weight excluding hydrogens is 380 g/mol. The number of carboxylic acids is 1. The van der Waals surface area contributed by atoms with Gasteiger partial charge in [0.1, 0.15) is 5.82 Å². The summed E-state index contributed by atoms with van der Waals surface area (Å²) >= 11 is 6.19. The largest absolute Gasteiger partial charge is 0.483 e. The van der Waals surface area contributed by atoms with Gasteiger partial charge in [0.25, 0.3) is 6.47 Å². The van der Waals surface area contributed by atoms with Gasteiger partial charge in [0.2, 0.25) is 0 Å². The first-order chi connectivity index (χ1) is 12.8. The minimum absolute atomic E-state index is 0.0225. The lowest BCUT2D eigenvalue weighted by atomic mass is 9.74. The molecule has 1 fully saturated rings. The predicted octanol–water partition coefficient (Wildman–Crippen LogP) is 1.11. The predicted molar refractivity (Wildman–Crippen MR) is 98.4 cm³/mol. The van der Waals surface area contributed by atoms with E-state index in [9.17, 15) is 15.0 Å². The van der Waals surface area contributed by atoms with Crippen molar-refractivity contribution in [3.8, 4) is 0 Å². The number of carboxylic acid groups (broad SMARTS) is 2. The highest BCUT2D eigenvalue weighted by Crippen LogP contribution is 2.38. The van der Waals surface area contributed by atoms with Gasteiger partial charge < -0.3 is 30.1 Å². The van der Waals surface area contributed by atoms with Gasteiger partial charge in [-0.15, -0.1) is 0 Å². The first-order valence-electron chi connectivity index (χ1n) is 8.34. The number of carbonyl (C=O) groups is 2. The second-order valence-electron chi connectivity index (χ2n) is 6.28. The van der Waals surface area contributed by atoms with Gasteiger partial charge in [-0.05, 0) is 25.3 Å². The number of aromatic nitrogens is 1. The molecule has 27 heavy (non-hydrogen) atoms. The van der Waals surface area contributed by atoms with Crippen LogP contribution in [0.15, 0.2) is 12.3 Å². The molecule has 10 heteroatoms. The molecule has 0 spiro atoms. The summed E-state index contributed by atoms with van der Waals surface area (Å²) in [6.45, 7) is 1.08. The fourth-order valence-electron chi connectivity index (χ4n) is 3.16. The highest BCUT2D eigenvalue weighted by atomic mass is 35.5. The summed E-state index contributed by atoms with van der Waals surface area (Å²) in [5, 5.41) is 36.4. The van der Waals surface area contributed by atoms with E-state index in [1.807, 2.05) is 4.90 Å². The van der Waals surface area contributed by atoms with Crippen LogP contribution < -0.4 is 4.90 Å². The van der Waals surface area contributed by atoms with Crippen molar-refractivity contribution in [1.29, 1.82) is 0 Å². The zero-order valence-corrected chi connectivity index (χ0v) is 15.8. The van der Waals surface area contributed by atoms with Gasteiger partial charge in [0, 0.05) is 38.4 Å². The topological polar surface area (TPSA) is 140 Å². The third-order valence-electron chi connectivity index (χ3n) is 4.59. The number of anilines is 1. The average Bonchev–Trinajstić information content (AvgIpc) is 2.64. The summed E-state index contributed by atoms with van der Waals surface area (Å²) in [6.07, 6.45) is 2.46. The van der Waals surface area contributed by atoms with Gasteiger partial charge in [-0.3, -0.25) is 4.79 Å². The Morgan fingerprint density at radius 1 is 1.56 bits per heavy atom. The summed E-state index contributed by atoms with van der Waals surface area (Å²) in [4.78, 5) is 25.4. The van der Waals surface area contributed by atoms with Crippen LogP contribution in [0.25, 0.3) is 0 Å². The highest BCUT2D eigenvalue weighted by Gasteiger charge is 2.42. The van der Waals surface area contributed by atoms with Gasteiger partial charge in [-0.1, -0.05) is 11.6 Å². The summed E-state index contributed by atoms with van der Waals surface area (Å²) < 4.78 is 5.06. The number of pyridine rings is 1. The number of aromatic carboxylic acids is 1. The van der Waals surface area contributed by atoms with E-state index in [4.69, 9.17) is 31.3 Å². The smallest absolute Gasteiger partial charge is 0.337 e. The highest BCUT2D eigenvalue weighted by molar-refractivity contribution is 6.33. The molecule has 2 rings (SSSR count). The maximum Gasteiger partial charge on any atom is 0.337 e. The van der Waals surface area contributed by atoms with E-state index < -0.39 is 17.5 Å². The van der Waals surface area contributed by atoms with E-state index in [0.717, 1.165) is 6.42 Å². The van der Waals surface area contributed by atoms with Crippen LogP contribution in [-0.4, -0.2) is 77.4 Å². The molecule has 1 aliphatic rings. The Hall–Kier alpha value is -1.94. The third-order valence-corrected chi connectivity index (χ3v) is 4.87. The van der Waals surface area contributed by atoms with E-state index in [1.165, 1.54) is 12.3 Å². The number of halogens is 1. The lowest BCUT2D eigenvalue weighted by molar-refractivity contribution is -0.122. The van der Waals surface area contributed by atoms with Crippen molar-refractivity contribution in [3.05, 3.63) is 22.8 Å². The molecule has 0 saturated carbocycles. The number of ether oxygens (including phenoxy) is 1. The number of methoxy groups -OCH3 is 1. The standard InChI is InChI=1S/C16H23ClN2O5.CH2O2/c1-24-6-2-4-16(10-20)9-19(5-3-13(16)21)14-12(17)7-11(8-18-14)15(22)23;2-1-3/h7-8,13,20-21H,2-6,9-10H2,1H3,(H,22,23);1H,(H,2,3)/t13-,16+;/m1./s1. The van der Waals surface area contributed by atoms with Crippen LogP contribution in [0.2, 0.25) is 5.02 Å². The Bertz CT molecular complexity index is 631. The molecule has 1 aliphatic heterocycles. The molecule has 152 valence electrons. The summed E-state index contributed by atoms with van der Waals surface area (Å²) in [5.41, 5.74) is -0.651. The molecule has 0 unspecified atom stereocenters. The van der Waals surface area contributed by atoms with Crippen molar-refractivity contribution in [2.45, 2.75) is 25.4 Å². The number of hydrogen-bond acceptors (Lipinski definition) is 7. The first-order valence-corrected chi connectivity index (χ1v) is 8.72. The molecule has 0 bridgehead atoms. The number of nitrogens with zero attached hydrogens (tertiary/aromatic N) is 2. The summed E-state index contributed by atoms with van der Waals surface area (Å²) in [7, 11) is 1.61. The first kappa shape index (κ1) is 23.1. The number of aliphatic hydroxyl groups excluding tert-OH is 2. The molecule has 1 aromatic heterocycles. The van der Waals surface area contributed by atoms with Crippen molar-refractivity contribution < 1.29 is 34.8 Å². The van der Waals surface area contributed by atoms with Crippen molar-refractivity contribution in [2.24, 2.45) is 5.41 Å².